The summed E-state index contributed by atoms with van der Waals surface area (Å²) in [5.41, 5.74) is 0.709. The Hall–Kier alpha value is -1.03. The molecule has 2 rings (SSSR count). The molecule has 0 aromatic heterocycles. The minimum absolute atomic E-state index is 0.218. The van der Waals surface area contributed by atoms with E-state index in [1.165, 1.54) is 6.42 Å². The van der Waals surface area contributed by atoms with Gasteiger partial charge in [-0.15, -0.1) is 0 Å². The van der Waals surface area contributed by atoms with E-state index in [1.807, 2.05) is 0 Å². The molecule has 0 N–H and O–H groups in total. The molecule has 1 atom stereocenters. The number of hydrogen-bond acceptors (Lipinski definition) is 4. The second-order valence-corrected chi connectivity index (χ2v) is 4.21. The molecule has 0 amide bonds. The first-order valence-corrected chi connectivity index (χ1v) is 5.86. The molecule has 0 aromatic rings. The van der Waals surface area contributed by atoms with E-state index >= 15 is 0 Å². The monoisotopic (exact) mass is 226 g/mol. The van der Waals surface area contributed by atoms with Gasteiger partial charge in [0.15, 0.2) is 0 Å². The summed E-state index contributed by atoms with van der Waals surface area (Å²) in [6.07, 6.45) is 5.43. The van der Waals surface area contributed by atoms with Gasteiger partial charge in [-0.1, -0.05) is 0 Å². The van der Waals surface area contributed by atoms with Crippen LogP contribution in [0.15, 0.2) is 11.3 Å². The number of hydrogen-bond donors (Lipinski definition) is 0. The van der Waals surface area contributed by atoms with Crippen molar-refractivity contribution in [2.75, 3.05) is 20.3 Å². The van der Waals surface area contributed by atoms with E-state index in [0.717, 1.165) is 32.3 Å². The van der Waals surface area contributed by atoms with Crippen LogP contribution in [0.25, 0.3) is 0 Å². The minimum Gasteiger partial charge on any atom is -0.497 e. The average Bonchev–Trinajstić information content (AvgIpc) is 2.90. The Morgan fingerprint density at radius 3 is 3.06 bits per heavy atom. The lowest BCUT2D eigenvalue weighted by Crippen LogP contribution is -2.06. The lowest BCUT2D eigenvalue weighted by atomic mass is 10.0. The second-order valence-electron chi connectivity index (χ2n) is 4.21. The van der Waals surface area contributed by atoms with Gasteiger partial charge in [-0.3, -0.25) is 0 Å². The van der Waals surface area contributed by atoms with Crippen LogP contribution in [0, 0.1) is 0 Å². The van der Waals surface area contributed by atoms with E-state index < -0.39 is 0 Å². The van der Waals surface area contributed by atoms with Crippen molar-refractivity contribution in [2.45, 2.75) is 38.2 Å². The van der Waals surface area contributed by atoms with Crippen LogP contribution in [0.3, 0.4) is 0 Å². The van der Waals surface area contributed by atoms with Gasteiger partial charge in [0.05, 0.1) is 18.8 Å². The number of ether oxygens (including phenoxy) is 3. The molecular weight excluding hydrogens is 208 g/mol. The van der Waals surface area contributed by atoms with Crippen LogP contribution in [0.1, 0.15) is 32.1 Å². The summed E-state index contributed by atoms with van der Waals surface area (Å²) in [4.78, 5) is 11.4. The van der Waals surface area contributed by atoms with Gasteiger partial charge in [0, 0.05) is 6.61 Å². The van der Waals surface area contributed by atoms with Gasteiger partial charge >= 0.3 is 5.97 Å². The Morgan fingerprint density at radius 2 is 2.38 bits per heavy atom. The maximum absolute atomic E-state index is 11.4. The number of carbonyl (C=O) groups excluding carboxylic acids is 1. The minimum atomic E-state index is -0.218. The molecule has 2 aliphatic heterocycles. The Labute approximate surface area is 95.6 Å². The highest BCUT2D eigenvalue weighted by atomic mass is 16.6. The van der Waals surface area contributed by atoms with Gasteiger partial charge in [-0.05, 0) is 32.1 Å². The molecule has 4 heteroatoms. The predicted octanol–water partition coefficient (Wildman–Crippen LogP) is 1.79. The highest BCUT2D eigenvalue weighted by Gasteiger charge is 2.25. The van der Waals surface area contributed by atoms with Gasteiger partial charge in [-0.25, -0.2) is 4.79 Å². The van der Waals surface area contributed by atoms with Crippen molar-refractivity contribution in [3.63, 3.8) is 0 Å². The molecule has 0 bridgehead atoms. The van der Waals surface area contributed by atoms with Crippen molar-refractivity contribution in [2.24, 2.45) is 0 Å². The van der Waals surface area contributed by atoms with E-state index in [9.17, 15) is 4.79 Å². The molecule has 0 saturated carbocycles. The molecule has 0 spiro atoms. The molecular formula is C12H18O4. The number of rotatable bonds is 5. The summed E-state index contributed by atoms with van der Waals surface area (Å²) in [5.74, 6) is 0.474. The van der Waals surface area contributed by atoms with Crippen LogP contribution < -0.4 is 0 Å². The molecule has 1 unspecified atom stereocenters. The Bertz CT molecular complexity index is 289. The highest BCUT2D eigenvalue weighted by molar-refractivity contribution is 5.91. The first-order valence-electron chi connectivity index (χ1n) is 5.86. The van der Waals surface area contributed by atoms with Gasteiger partial charge in [-0.2, -0.15) is 0 Å². The standard InChI is InChI=1S/C12H18O4/c1-14-11-8-16-12(13)10(11)6-2-4-9-5-3-7-15-9/h9H,2-8H2,1H3. The number of carbonyl (C=O) groups is 1. The van der Waals surface area contributed by atoms with Crippen LogP contribution in [-0.2, 0) is 19.0 Å². The van der Waals surface area contributed by atoms with Gasteiger partial charge in [0.2, 0.25) is 0 Å². The molecule has 1 saturated heterocycles. The molecule has 4 nitrogen and oxygen atoms in total. The summed E-state index contributed by atoms with van der Waals surface area (Å²) < 4.78 is 15.6. The van der Waals surface area contributed by atoms with Crippen LogP contribution in [-0.4, -0.2) is 32.4 Å². The van der Waals surface area contributed by atoms with E-state index in [0.29, 0.717) is 24.0 Å². The number of esters is 1. The van der Waals surface area contributed by atoms with Crippen molar-refractivity contribution in [3.05, 3.63) is 11.3 Å². The van der Waals surface area contributed by atoms with Gasteiger partial charge < -0.3 is 14.2 Å². The maximum atomic E-state index is 11.4. The first-order chi connectivity index (χ1) is 7.81. The second kappa shape index (κ2) is 5.34. The van der Waals surface area contributed by atoms with Crippen LogP contribution >= 0.6 is 0 Å². The van der Waals surface area contributed by atoms with Crippen LogP contribution in [0.4, 0.5) is 0 Å². The molecule has 16 heavy (non-hydrogen) atoms. The van der Waals surface area contributed by atoms with E-state index in [-0.39, 0.29) is 5.97 Å². The normalized spacial score (nSPS) is 25.1. The molecule has 1 fully saturated rings. The quantitative estimate of drug-likeness (QED) is 0.670. The predicted molar refractivity (Wildman–Crippen MR) is 57.8 cm³/mol. The van der Waals surface area contributed by atoms with Crippen molar-refractivity contribution >= 4 is 5.97 Å². The van der Waals surface area contributed by atoms with E-state index in [2.05, 4.69) is 0 Å². The fourth-order valence-corrected chi connectivity index (χ4v) is 2.22. The summed E-state index contributed by atoms with van der Waals surface area (Å²) in [5, 5.41) is 0. The van der Waals surface area contributed by atoms with E-state index in [4.69, 9.17) is 14.2 Å². The zero-order valence-electron chi connectivity index (χ0n) is 9.66. The lowest BCUT2D eigenvalue weighted by molar-refractivity contribution is -0.136. The van der Waals surface area contributed by atoms with Crippen LogP contribution in [0.5, 0.6) is 0 Å². The summed E-state index contributed by atoms with van der Waals surface area (Å²) >= 11 is 0. The molecule has 90 valence electrons. The average molecular weight is 226 g/mol. The summed E-state index contributed by atoms with van der Waals surface area (Å²) in [6.45, 7) is 1.18. The third-order valence-corrected chi connectivity index (χ3v) is 3.14. The highest BCUT2D eigenvalue weighted by Crippen LogP contribution is 2.24. The first kappa shape index (κ1) is 11.5. The number of cyclic esters (lactones) is 1. The summed E-state index contributed by atoms with van der Waals surface area (Å²) in [7, 11) is 1.58. The third-order valence-electron chi connectivity index (χ3n) is 3.14. The summed E-state index contributed by atoms with van der Waals surface area (Å²) in [6, 6.07) is 0. The molecule has 0 aromatic carbocycles. The molecule has 2 aliphatic rings. The van der Waals surface area contributed by atoms with Crippen LogP contribution in [0.2, 0.25) is 0 Å². The van der Waals surface area contributed by atoms with Gasteiger partial charge in [0.25, 0.3) is 0 Å². The largest absolute Gasteiger partial charge is 0.497 e. The van der Waals surface area contributed by atoms with E-state index in [1.54, 1.807) is 7.11 Å². The van der Waals surface area contributed by atoms with Crippen molar-refractivity contribution in [1.29, 1.82) is 0 Å². The van der Waals surface area contributed by atoms with Crippen molar-refractivity contribution in [1.82, 2.24) is 0 Å². The maximum Gasteiger partial charge on any atom is 0.338 e. The third kappa shape index (κ3) is 2.55. The Morgan fingerprint density at radius 1 is 1.50 bits per heavy atom. The molecule has 2 heterocycles. The Balaban J connectivity index is 1.77. The SMILES string of the molecule is COC1=C(CCCC2CCCO2)C(=O)OC1. The molecule has 0 aliphatic carbocycles. The fourth-order valence-electron chi connectivity index (χ4n) is 2.22. The zero-order valence-corrected chi connectivity index (χ0v) is 9.66. The topological polar surface area (TPSA) is 44.8 Å². The Kier molecular flexibility index (Phi) is 3.83. The van der Waals surface area contributed by atoms with Crippen molar-refractivity contribution < 1.29 is 19.0 Å². The lowest BCUT2D eigenvalue weighted by Gasteiger charge is -2.08. The molecule has 0 radical (unpaired) electrons. The fraction of sp³-hybridized carbons (Fsp3) is 0.750. The number of methoxy groups -OCH3 is 1. The van der Waals surface area contributed by atoms with Gasteiger partial charge in [0.1, 0.15) is 12.4 Å². The smallest absolute Gasteiger partial charge is 0.338 e. The zero-order chi connectivity index (χ0) is 11.4. The van der Waals surface area contributed by atoms with Crippen molar-refractivity contribution in [3.8, 4) is 0 Å².